The number of benzene rings is 2. The van der Waals surface area contributed by atoms with Crippen LogP contribution in [0.25, 0.3) is 0 Å². The Hall–Kier alpha value is -1.56. The van der Waals surface area contributed by atoms with Crippen molar-refractivity contribution < 1.29 is 9.59 Å². The molecule has 0 aliphatic carbocycles. The van der Waals surface area contributed by atoms with Crippen molar-refractivity contribution in [3.8, 4) is 0 Å². The van der Waals surface area contributed by atoms with E-state index in [9.17, 15) is 9.59 Å². The second kappa shape index (κ2) is 7.36. The molecule has 0 saturated carbocycles. The fraction of sp³-hybridized carbons (Fsp3) is 0.222. The summed E-state index contributed by atoms with van der Waals surface area (Å²) in [5, 5.41) is 0.709. The molecule has 3 rings (SSSR count). The van der Waals surface area contributed by atoms with Gasteiger partial charge in [-0.15, -0.1) is 0 Å². The van der Waals surface area contributed by atoms with Crippen molar-refractivity contribution >= 4 is 56.6 Å². The van der Waals surface area contributed by atoms with Gasteiger partial charge in [0, 0.05) is 28.8 Å². The van der Waals surface area contributed by atoms with Crippen LogP contribution in [-0.2, 0) is 4.79 Å². The zero-order valence-corrected chi connectivity index (χ0v) is 16.5. The summed E-state index contributed by atoms with van der Waals surface area (Å²) < 4.78 is 0.903. The minimum absolute atomic E-state index is 0.113. The standard InChI is InChI=1S/C18H15BrCl2N2O2/c1-11-17(24)23(14-4-2-3-13(19)10-14)8-7-22(11)18(25)12-5-6-15(20)16(21)9-12/h2-6,9-11H,7-8H2,1H3/t11-/m1/s1. The third-order valence-electron chi connectivity index (χ3n) is 4.20. The van der Waals surface area contributed by atoms with E-state index in [0.717, 1.165) is 10.2 Å². The maximum atomic E-state index is 12.8. The molecule has 2 aromatic carbocycles. The molecule has 1 aliphatic rings. The van der Waals surface area contributed by atoms with Crippen LogP contribution in [-0.4, -0.2) is 35.8 Å². The van der Waals surface area contributed by atoms with Crippen LogP contribution < -0.4 is 4.90 Å². The average Bonchev–Trinajstić information content (AvgIpc) is 2.59. The zero-order chi connectivity index (χ0) is 18.1. The summed E-state index contributed by atoms with van der Waals surface area (Å²) in [4.78, 5) is 28.8. The van der Waals surface area contributed by atoms with E-state index in [2.05, 4.69) is 15.9 Å². The number of anilines is 1. The topological polar surface area (TPSA) is 40.6 Å². The summed E-state index contributed by atoms with van der Waals surface area (Å²) in [6, 6.07) is 11.7. The van der Waals surface area contributed by atoms with Crippen LogP contribution in [0.15, 0.2) is 46.9 Å². The number of hydrogen-bond acceptors (Lipinski definition) is 2. The molecule has 0 radical (unpaired) electrons. The van der Waals surface area contributed by atoms with E-state index < -0.39 is 6.04 Å². The molecular weight excluding hydrogens is 427 g/mol. The molecule has 1 heterocycles. The predicted octanol–water partition coefficient (Wildman–Crippen LogP) is 4.63. The highest BCUT2D eigenvalue weighted by molar-refractivity contribution is 9.10. The quantitative estimate of drug-likeness (QED) is 0.681. The lowest BCUT2D eigenvalue weighted by molar-refractivity contribution is -0.124. The van der Waals surface area contributed by atoms with Crippen molar-refractivity contribution in [2.24, 2.45) is 0 Å². The summed E-state index contributed by atoms with van der Waals surface area (Å²) in [7, 11) is 0. The molecule has 1 aliphatic heterocycles. The van der Waals surface area contributed by atoms with Crippen LogP contribution in [0.5, 0.6) is 0 Å². The summed E-state index contributed by atoms with van der Waals surface area (Å²) in [6.07, 6.45) is 0. The van der Waals surface area contributed by atoms with Crippen molar-refractivity contribution in [2.45, 2.75) is 13.0 Å². The van der Waals surface area contributed by atoms with E-state index in [-0.39, 0.29) is 11.8 Å². The van der Waals surface area contributed by atoms with Gasteiger partial charge in [0.05, 0.1) is 10.0 Å². The molecule has 130 valence electrons. The lowest BCUT2D eigenvalue weighted by Gasteiger charge is -2.39. The highest BCUT2D eigenvalue weighted by Crippen LogP contribution is 2.26. The summed E-state index contributed by atoms with van der Waals surface area (Å²) in [6.45, 7) is 2.62. The number of hydrogen-bond donors (Lipinski definition) is 0. The van der Waals surface area contributed by atoms with Gasteiger partial charge >= 0.3 is 0 Å². The summed E-state index contributed by atoms with van der Waals surface area (Å²) >= 11 is 15.3. The molecule has 0 unspecified atom stereocenters. The van der Waals surface area contributed by atoms with E-state index in [0.29, 0.717) is 28.7 Å². The third-order valence-corrected chi connectivity index (χ3v) is 5.44. The summed E-state index contributed by atoms with van der Waals surface area (Å²) in [5.74, 6) is -0.342. The van der Waals surface area contributed by atoms with Gasteiger partial charge in [-0.2, -0.15) is 0 Å². The van der Waals surface area contributed by atoms with Crippen LogP contribution >= 0.6 is 39.1 Å². The minimum atomic E-state index is -0.560. The van der Waals surface area contributed by atoms with Crippen molar-refractivity contribution in [1.82, 2.24) is 4.90 Å². The minimum Gasteiger partial charge on any atom is -0.325 e. The predicted molar refractivity (Wildman–Crippen MR) is 103 cm³/mol. The Kier molecular flexibility index (Phi) is 5.37. The van der Waals surface area contributed by atoms with Crippen molar-refractivity contribution in [1.29, 1.82) is 0 Å². The van der Waals surface area contributed by atoms with Gasteiger partial charge in [-0.25, -0.2) is 0 Å². The Bertz CT molecular complexity index is 844. The largest absolute Gasteiger partial charge is 0.325 e. The number of halogens is 3. The maximum absolute atomic E-state index is 12.8. The van der Waals surface area contributed by atoms with E-state index in [1.165, 1.54) is 6.07 Å². The molecular formula is C18H15BrCl2N2O2. The highest BCUT2D eigenvalue weighted by Gasteiger charge is 2.35. The van der Waals surface area contributed by atoms with E-state index in [4.69, 9.17) is 23.2 Å². The monoisotopic (exact) mass is 440 g/mol. The Morgan fingerprint density at radius 1 is 1.12 bits per heavy atom. The van der Waals surface area contributed by atoms with Crippen molar-refractivity contribution in [2.75, 3.05) is 18.0 Å². The van der Waals surface area contributed by atoms with Gasteiger partial charge in [-0.3, -0.25) is 9.59 Å². The Morgan fingerprint density at radius 2 is 1.88 bits per heavy atom. The SMILES string of the molecule is C[C@@H]1C(=O)N(c2cccc(Br)c2)CCN1C(=O)c1ccc(Cl)c(Cl)c1. The van der Waals surface area contributed by atoms with Gasteiger partial charge in [0.25, 0.3) is 5.91 Å². The number of amides is 2. The molecule has 7 heteroatoms. The van der Waals surface area contributed by atoms with E-state index >= 15 is 0 Å². The first-order valence-corrected chi connectivity index (χ1v) is 9.26. The maximum Gasteiger partial charge on any atom is 0.254 e. The van der Waals surface area contributed by atoms with Gasteiger partial charge in [0.1, 0.15) is 6.04 Å². The van der Waals surface area contributed by atoms with Crippen LogP contribution in [0.3, 0.4) is 0 Å². The molecule has 0 bridgehead atoms. The van der Waals surface area contributed by atoms with Crippen LogP contribution in [0.2, 0.25) is 10.0 Å². The number of nitrogens with zero attached hydrogens (tertiary/aromatic N) is 2. The molecule has 0 N–H and O–H groups in total. The first kappa shape index (κ1) is 18.2. The molecule has 1 atom stereocenters. The molecule has 0 spiro atoms. The second-order valence-electron chi connectivity index (χ2n) is 5.77. The number of carbonyl (C=O) groups is 2. The van der Waals surface area contributed by atoms with Gasteiger partial charge in [0.15, 0.2) is 0 Å². The van der Waals surface area contributed by atoms with Gasteiger partial charge in [-0.1, -0.05) is 45.2 Å². The Labute approximate surface area is 164 Å². The normalized spacial score (nSPS) is 17.8. The Morgan fingerprint density at radius 3 is 2.56 bits per heavy atom. The number of rotatable bonds is 2. The number of piperazine rings is 1. The molecule has 1 saturated heterocycles. The molecule has 4 nitrogen and oxygen atoms in total. The smallest absolute Gasteiger partial charge is 0.254 e. The number of carbonyl (C=O) groups excluding carboxylic acids is 2. The van der Waals surface area contributed by atoms with Crippen LogP contribution in [0.4, 0.5) is 5.69 Å². The first-order valence-electron chi connectivity index (χ1n) is 7.71. The molecule has 2 aromatic rings. The van der Waals surface area contributed by atoms with Crippen LogP contribution in [0.1, 0.15) is 17.3 Å². The van der Waals surface area contributed by atoms with Gasteiger partial charge in [-0.05, 0) is 43.3 Å². The molecule has 1 fully saturated rings. The van der Waals surface area contributed by atoms with E-state index in [1.807, 2.05) is 24.3 Å². The molecule has 0 aromatic heterocycles. The Balaban J connectivity index is 1.81. The van der Waals surface area contributed by atoms with Gasteiger partial charge in [0.2, 0.25) is 5.91 Å². The van der Waals surface area contributed by atoms with Crippen molar-refractivity contribution in [3.63, 3.8) is 0 Å². The van der Waals surface area contributed by atoms with E-state index in [1.54, 1.807) is 28.9 Å². The highest BCUT2D eigenvalue weighted by atomic mass is 79.9. The summed E-state index contributed by atoms with van der Waals surface area (Å²) in [5.41, 5.74) is 1.23. The zero-order valence-electron chi connectivity index (χ0n) is 13.4. The fourth-order valence-corrected chi connectivity index (χ4v) is 3.53. The lowest BCUT2D eigenvalue weighted by atomic mass is 10.1. The van der Waals surface area contributed by atoms with Crippen molar-refractivity contribution in [3.05, 3.63) is 62.5 Å². The average molecular weight is 442 g/mol. The lowest BCUT2D eigenvalue weighted by Crippen LogP contribution is -2.57. The molecule has 25 heavy (non-hydrogen) atoms. The van der Waals surface area contributed by atoms with Gasteiger partial charge < -0.3 is 9.80 Å². The molecule has 2 amide bonds. The second-order valence-corrected chi connectivity index (χ2v) is 7.50. The first-order chi connectivity index (χ1) is 11.9. The third kappa shape index (κ3) is 3.68. The van der Waals surface area contributed by atoms with Crippen LogP contribution in [0, 0.1) is 0 Å². The fourth-order valence-electron chi connectivity index (χ4n) is 2.84.